The summed E-state index contributed by atoms with van der Waals surface area (Å²) in [6.45, 7) is 6.52. The second-order valence-electron chi connectivity index (χ2n) is 6.37. The monoisotopic (exact) mass is 310 g/mol. The highest BCUT2D eigenvalue weighted by atomic mass is 15.2. The van der Waals surface area contributed by atoms with Crippen LogP contribution in [0.1, 0.15) is 11.1 Å². The molecule has 3 rings (SSSR count). The maximum atomic E-state index is 5.71. The molecule has 1 heterocycles. The second kappa shape index (κ2) is 7.49. The van der Waals surface area contributed by atoms with E-state index in [4.69, 9.17) is 5.73 Å². The Morgan fingerprint density at radius 3 is 2.13 bits per heavy atom. The van der Waals surface area contributed by atoms with Gasteiger partial charge in [-0.15, -0.1) is 0 Å². The van der Waals surface area contributed by atoms with Crippen LogP contribution in [0.15, 0.2) is 48.5 Å². The van der Waals surface area contributed by atoms with Gasteiger partial charge >= 0.3 is 0 Å². The number of nitrogens with two attached hydrogens (primary N) is 1. The van der Waals surface area contributed by atoms with E-state index in [0.29, 0.717) is 0 Å². The molecule has 0 amide bonds. The molecule has 2 aromatic rings. The quantitative estimate of drug-likeness (QED) is 0.833. The SMILES string of the molecule is CN1CCN(Cc2ccc(NCc3ccc(N)cc3)cc2)CC1. The predicted octanol–water partition coefficient (Wildman–Crippen LogP) is 2.63. The van der Waals surface area contributed by atoms with Crippen LogP contribution in [-0.4, -0.2) is 43.0 Å². The van der Waals surface area contributed by atoms with Crippen molar-refractivity contribution >= 4 is 11.4 Å². The van der Waals surface area contributed by atoms with E-state index >= 15 is 0 Å². The number of hydrogen-bond acceptors (Lipinski definition) is 4. The van der Waals surface area contributed by atoms with Crippen LogP contribution in [0.5, 0.6) is 0 Å². The van der Waals surface area contributed by atoms with Gasteiger partial charge < -0.3 is 16.0 Å². The van der Waals surface area contributed by atoms with E-state index in [2.05, 4.69) is 58.6 Å². The van der Waals surface area contributed by atoms with Gasteiger partial charge in [0.25, 0.3) is 0 Å². The molecule has 1 saturated heterocycles. The maximum Gasteiger partial charge on any atom is 0.0400 e. The maximum absolute atomic E-state index is 5.71. The first-order valence-electron chi connectivity index (χ1n) is 8.27. The molecule has 23 heavy (non-hydrogen) atoms. The molecular formula is C19H26N4. The van der Waals surface area contributed by atoms with Crippen molar-refractivity contribution in [1.82, 2.24) is 9.80 Å². The van der Waals surface area contributed by atoms with Crippen molar-refractivity contribution in [3.05, 3.63) is 59.7 Å². The Morgan fingerprint density at radius 1 is 0.870 bits per heavy atom. The molecule has 0 aromatic heterocycles. The Bertz CT molecular complexity index is 598. The lowest BCUT2D eigenvalue weighted by molar-refractivity contribution is 0.148. The predicted molar refractivity (Wildman–Crippen MR) is 97.4 cm³/mol. The molecule has 1 aliphatic rings. The molecule has 0 unspecified atom stereocenters. The summed E-state index contributed by atoms with van der Waals surface area (Å²) in [6.07, 6.45) is 0. The van der Waals surface area contributed by atoms with E-state index in [9.17, 15) is 0 Å². The van der Waals surface area contributed by atoms with E-state index in [-0.39, 0.29) is 0 Å². The van der Waals surface area contributed by atoms with Crippen LogP contribution in [0.3, 0.4) is 0 Å². The minimum absolute atomic E-state index is 0.807. The van der Waals surface area contributed by atoms with Crippen molar-refractivity contribution in [2.24, 2.45) is 0 Å². The first-order chi connectivity index (χ1) is 11.2. The molecule has 0 saturated carbocycles. The van der Waals surface area contributed by atoms with Crippen molar-refractivity contribution in [2.45, 2.75) is 13.1 Å². The summed E-state index contributed by atoms with van der Waals surface area (Å²) >= 11 is 0. The third-order valence-electron chi connectivity index (χ3n) is 4.43. The van der Waals surface area contributed by atoms with Crippen LogP contribution >= 0.6 is 0 Å². The van der Waals surface area contributed by atoms with E-state index < -0.39 is 0 Å². The summed E-state index contributed by atoms with van der Waals surface area (Å²) in [5.41, 5.74) is 10.3. The molecule has 4 heteroatoms. The third-order valence-corrected chi connectivity index (χ3v) is 4.43. The number of nitrogens with one attached hydrogen (secondary N) is 1. The number of nitrogen functional groups attached to an aromatic ring is 1. The van der Waals surface area contributed by atoms with Gasteiger partial charge in [0.15, 0.2) is 0 Å². The molecule has 0 radical (unpaired) electrons. The van der Waals surface area contributed by atoms with Gasteiger partial charge in [0.2, 0.25) is 0 Å². The molecule has 1 fully saturated rings. The molecule has 0 aliphatic carbocycles. The smallest absolute Gasteiger partial charge is 0.0400 e. The Balaban J connectivity index is 1.49. The number of anilines is 2. The van der Waals surface area contributed by atoms with E-state index in [1.54, 1.807) is 0 Å². The van der Waals surface area contributed by atoms with E-state index in [0.717, 1.165) is 37.6 Å². The number of nitrogens with zero attached hydrogens (tertiary/aromatic N) is 2. The summed E-state index contributed by atoms with van der Waals surface area (Å²) in [5, 5.41) is 3.46. The van der Waals surface area contributed by atoms with Crippen molar-refractivity contribution in [3.8, 4) is 0 Å². The Morgan fingerprint density at radius 2 is 1.48 bits per heavy atom. The van der Waals surface area contributed by atoms with Crippen LogP contribution < -0.4 is 11.1 Å². The zero-order chi connectivity index (χ0) is 16.1. The zero-order valence-corrected chi connectivity index (χ0v) is 13.8. The molecular weight excluding hydrogens is 284 g/mol. The highest BCUT2D eigenvalue weighted by molar-refractivity contribution is 5.46. The summed E-state index contributed by atoms with van der Waals surface area (Å²) in [7, 11) is 2.19. The number of rotatable bonds is 5. The second-order valence-corrected chi connectivity index (χ2v) is 6.37. The van der Waals surface area contributed by atoms with Crippen molar-refractivity contribution in [1.29, 1.82) is 0 Å². The molecule has 2 aromatic carbocycles. The van der Waals surface area contributed by atoms with Gasteiger partial charge in [0.1, 0.15) is 0 Å². The fraction of sp³-hybridized carbons (Fsp3) is 0.368. The lowest BCUT2D eigenvalue weighted by Crippen LogP contribution is -2.43. The number of benzene rings is 2. The van der Waals surface area contributed by atoms with Crippen LogP contribution in [0.4, 0.5) is 11.4 Å². The van der Waals surface area contributed by atoms with Crippen LogP contribution in [0.25, 0.3) is 0 Å². The lowest BCUT2D eigenvalue weighted by Gasteiger charge is -2.32. The van der Waals surface area contributed by atoms with Crippen molar-refractivity contribution in [3.63, 3.8) is 0 Å². The van der Waals surface area contributed by atoms with Gasteiger partial charge in [-0.2, -0.15) is 0 Å². The van der Waals surface area contributed by atoms with Crippen molar-refractivity contribution < 1.29 is 0 Å². The Kier molecular flexibility index (Phi) is 5.16. The summed E-state index contributed by atoms with van der Waals surface area (Å²) in [6, 6.07) is 16.8. The van der Waals surface area contributed by atoms with Crippen LogP contribution in [0, 0.1) is 0 Å². The fourth-order valence-corrected chi connectivity index (χ4v) is 2.83. The third kappa shape index (κ3) is 4.71. The number of hydrogen-bond donors (Lipinski definition) is 2. The van der Waals surface area contributed by atoms with E-state index in [1.165, 1.54) is 24.2 Å². The van der Waals surface area contributed by atoms with Crippen LogP contribution in [0.2, 0.25) is 0 Å². The number of piperazine rings is 1. The number of likely N-dealkylation sites (N-methyl/N-ethyl adjacent to an activating group) is 1. The summed E-state index contributed by atoms with van der Waals surface area (Å²) < 4.78 is 0. The molecule has 0 bridgehead atoms. The largest absolute Gasteiger partial charge is 0.399 e. The molecule has 3 N–H and O–H groups in total. The highest BCUT2D eigenvalue weighted by Gasteiger charge is 2.13. The molecule has 122 valence electrons. The van der Waals surface area contributed by atoms with Gasteiger partial charge in [-0.1, -0.05) is 24.3 Å². The fourth-order valence-electron chi connectivity index (χ4n) is 2.83. The average Bonchev–Trinajstić information content (AvgIpc) is 2.58. The first kappa shape index (κ1) is 15.8. The zero-order valence-electron chi connectivity index (χ0n) is 13.8. The van der Waals surface area contributed by atoms with Gasteiger partial charge in [0, 0.05) is 50.6 Å². The Hall–Kier alpha value is -2.04. The van der Waals surface area contributed by atoms with Gasteiger partial charge in [-0.25, -0.2) is 0 Å². The van der Waals surface area contributed by atoms with Gasteiger partial charge in [-0.3, -0.25) is 4.90 Å². The Labute approximate surface area is 138 Å². The molecule has 0 atom stereocenters. The van der Waals surface area contributed by atoms with Crippen molar-refractivity contribution in [2.75, 3.05) is 44.3 Å². The standard InChI is InChI=1S/C19H26N4/c1-22-10-12-23(13-11-22)15-17-4-8-19(9-5-17)21-14-16-2-6-18(20)7-3-16/h2-9,21H,10-15,20H2,1H3. The molecule has 4 nitrogen and oxygen atoms in total. The topological polar surface area (TPSA) is 44.5 Å². The average molecular weight is 310 g/mol. The van der Waals surface area contributed by atoms with E-state index in [1.807, 2.05) is 12.1 Å². The minimum Gasteiger partial charge on any atom is -0.399 e. The van der Waals surface area contributed by atoms with Gasteiger partial charge in [0.05, 0.1) is 0 Å². The van der Waals surface area contributed by atoms with Gasteiger partial charge in [-0.05, 0) is 42.4 Å². The summed E-state index contributed by atoms with van der Waals surface area (Å²) in [5.74, 6) is 0. The summed E-state index contributed by atoms with van der Waals surface area (Å²) in [4.78, 5) is 4.91. The van der Waals surface area contributed by atoms with Crippen LogP contribution in [-0.2, 0) is 13.1 Å². The first-order valence-corrected chi connectivity index (χ1v) is 8.27. The lowest BCUT2D eigenvalue weighted by atomic mass is 10.1. The minimum atomic E-state index is 0.807. The molecule has 1 aliphatic heterocycles. The molecule has 0 spiro atoms. The normalized spacial score (nSPS) is 16.4. The highest BCUT2D eigenvalue weighted by Crippen LogP contribution is 2.14.